The van der Waals surface area contributed by atoms with Crippen molar-refractivity contribution in [2.75, 3.05) is 0 Å². The van der Waals surface area contributed by atoms with Gasteiger partial charge in [-0.1, -0.05) is 13.3 Å². The number of aliphatic carboxylic acids is 1. The zero-order valence-corrected chi connectivity index (χ0v) is 10.7. The number of nitrogens with one attached hydrogen (secondary N) is 1. The molecule has 110 valence electrons. The highest BCUT2D eigenvalue weighted by Gasteiger charge is 2.42. The summed E-state index contributed by atoms with van der Waals surface area (Å²) >= 11 is 0. The maximum atomic E-state index is 13.8. The third-order valence-corrected chi connectivity index (χ3v) is 2.67. The number of carboxylic acids is 1. The Labute approximate surface area is 113 Å². The minimum Gasteiger partial charge on any atom is -0.480 e. The average molecular weight is 289 g/mol. The van der Waals surface area contributed by atoms with Crippen molar-refractivity contribution in [3.05, 3.63) is 35.6 Å². The van der Waals surface area contributed by atoms with Gasteiger partial charge in [0, 0.05) is 5.56 Å². The second-order valence-corrected chi connectivity index (χ2v) is 4.23. The van der Waals surface area contributed by atoms with E-state index in [0.29, 0.717) is 6.42 Å². The number of carbonyl (C=O) groups excluding carboxylic acids is 1. The van der Waals surface area contributed by atoms with Crippen LogP contribution in [-0.4, -0.2) is 23.0 Å². The lowest BCUT2D eigenvalue weighted by Crippen LogP contribution is -2.47. The van der Waals surface area contributed by atoms with Gasteiger partial charge in [-0.15, -0.1) is 0 Å². The van der Waals surface area contributed by atoms with Gasteiger partial charge in [0.05, 0.1) is 0 Å². The largest absolute Gasteiger partial charge is 0.480 e. The normalized spacial score (nSPS) is 12.8. The summed E-state index contributed by atoms with van der Waals surface area (Å²) < 4.78 is 40.3. The molecule has 0 aromatic heterocycles. The van der Waals surface area contributed by atoms with Crippen molar-refractivity contribution in [3.63, 3.8) is 0 Å². The van der Waals surface area contributed by atoms with Crippen LogP contribution in [-0.2, 0) is 15.5 Å². The molecule has 1 aromatic carbocycles. The molecule has 0 saturated carbocycles. The zero-order valence-electron chi connectivity index (χ0n) is 10.7. The van der Waals surface area contributed by atoms with Crippen LogP contribution >= 0.6 is 0 Å². The van der Waals surface area contributed by atoms with Gasteiger partial charge in [0.25, 0.3) is 5.91 Å². The van der Waals surface area contributed by atoms with Crippen LogP contribution in [0.3, 0.4) is 0 Å². The summed E-state index contributed by atoms with van der Waals surface area (Å²) in [6.45, 7) is 1.67. The van der Waals surface area contributed by atoms with Gasteiger partial charge < -0.3 is 10.4 Å². The fourth-order valence-corrected chi connectivity index (χ4v) is 1.59. The van der Waals surface area contributed by atoms with Crippen molar-refractivity contribution in [3.8, 4) is 0 Å². The molecule has 1 rings (SSSR count). The summed E-state index contributed by atoms with van der Waals surface area (Å²) in [6.07, 6.45) is 0.458. The van der Waals surface area contributed by atoms with Crippen LogP contribution in [0.1, 0.15) is 25.3 Å². The smallest absolute Gasteiger partial charge is 0.349 e. The molecule has 4 nitrogen and oxygen atoms in total. The Kier molecular flexibility index (Phi) is 5.12. The topological polar surface area (TPSA) is 66.4 Å². The number of carbonyl (C=O) groups is 2. The molecule has 0 saturated heterocycles. The van der Waals surface area contributed by atoms with Crippen LogP contribution in [0.25, 0.3) is 0 Å². The van der Waals surface area contributed by atoms with Gasteiger partial charge in [-0.05, 0) is 30.7 Å². The van der Waals surface area contributed by atoms with E-state index >= 15 is 0 Å². The fourth-order valence-electron chi connectivity index (χ4n) is 1.59. The molecular weight excluding hydrogens is 275 g/mol. The molecule has 0 heterocycles. The van der Waals surface area contributed by atoms with E-state index in [1.54, 1.807) is 12.2 Å². The molecular formula is C13H14F3NO3. The molecule has 1 unspecified atom stereocenters. The van der Waals surface area contributed by atoms with E-state index in [1.165, 1.54) is 0 Å². The van der Waals surface area contributed by atoms with E-state index in [9.17, 15) is 22.8 Å². The summed E-state index contributed by atoms with van der Waals surface area (Å²) in [6, 6.07) is 1.79. The SMILES string of the molecule is CCCC(NC(=O)C(F)(F)c1ccc(F)cc1)C(=O)O. The molecule has 0 bridgehead atoms. The second-order valence-electron chi connectivity index (χ2n) is 4.23. The van der Waals surface area contributed by atoms with Crippen molar-refractivity contribution in [2.45, 2.75) is 31.7 Å². The molecule has 1 atom stereocenters. The first-order chi connectivity index (χ1) is 9.28. The number of amides is 1. The zero-order chi connectivity index (χ0) is 15.3. The maximum Gasteiger partial charge on any atom is 0.349 e. The molecule has 0 radical (unpaired) electrons. The van der Waals surface area contributed by atoms with E-state index in [4.69, 9.17) is 5.11 Å². The van der Waals surface area contributed by atoms with Gasteiger partial charge in [-0.3, -0.25) is 4.79 Å². The Morgan fingerprint density at radius 1 is 1.30 bits per heavy atom. The van der Waals surface area contributed by atoms with Gasteiger partial charge in [0.2, 0.25) is 0 Å². The summed E-state index contributed by atoms with van der Waals surface area (Å²) in [4.78, 5) is 22.3. The second kappa shape index (κ2) is 6.40. The Morgan fingerprint density at radius 2 is 1.85 bits per heavy atom. The third kappa shape index (κ3) is 3.72. The van der Waals surface area contributed by atoms with Crippen LogP contribution in [0, 0.1) is 5.82 Å². The Bertz CT molecular complexity index is 488. The first kappa shape index (κ1) is 16.0. The summed E-state index contributed by atoms with van der Waals surface area (Å²) in [7, 11) is 0. The van der Waals surface area contributed by atoms with Gasteiger partial charge >= 0.3 is 11.9 Å². The van der Waals surface area contributed by atoms with Crippen molar-refractivity contribution in [1.29, 1.82) is 0 Å². The molecule has 1 amide bonds. The van der Waals surface area contributed by atoms with Crippen molar-refractivity contribution in [2.24, 2.45) is 0 Å². The number of rotatable bonds is 6. The third-order valence-electron chi connectivity index (χ3n) is 2.67. The van der Waals surface area contributed by atoms with Crippen LogP contribution in [0.15, 0.2) is 24.3 Å². The van der Waals surface area contributed by atoms with E-state index < -0.39 is 35.2 Å². The van der Waals surface area contributed by atoms with Gasteiger partial charge in [-0.25, -0.2) is 9.18 Å². The summed E-state index contributed by atoms with van der Waals surface area (Å²) in [5, 5.41) is 10.6. The van der Waals surface area contributed by atoms with Gasteiger partial charge in [0.1, 0.15) is 11.9 Å². The molecule has 0 aliphatic carbocycles. The lowest BCUT2D eigenvalue weighted by molar-refractivity contribution is -0.152. The predicted octanol–water partition coefficient (Wildman–Crippen LogP) is 2.29. The number of hydrogen-bond acceptors (Lipinski definition) is 2. The minimum atomic E-state index is -3.92. The molecule has 0 aliphatic rings. The van der Waals surface area contributed by atoms with Crippen molar-refractivity contribution in [1.82, 2.24) is 5.32 Å². The number of halogens is 3. The first-order valence-electron chi connectivity index (χ1n) is 5.96. The number of benzene rings is 1. The van der Waals surface area contributed by atoms with Gasteiger partial charge in [-0.2, -0.15) is 8.78 Å². The van der Waals surface area contributed by atoms with Crippen LogP contribution in [0.4, 0.5) is 13.2 Å². The maximum absolute atomic E-state index is 13.8. The van der Waals surface area contributed by atoms with E-state index in [0.717, 1.165) is 24.3 Å². The fraction of sp³-hybridized carbons (Fsp3) is 0.385. The summed E-state index contributed by atoms with van der Waals surface area (Å²) in [5.74, 6) is -7.73. The molecule has 0 aliphatic heterocycles. The average Bonchev–Trinajstić information content (AvgIpc) is 2.38. The molecule has 1 aromatic rings. The summed E-state index contributed by atoms with van der Waals surface area (Å²) in [5.41, 5.74) is -0.697. The lowest BCUT2D eigenvalue weighted by Gasteiger charge is -2.19. The highest BCUT2D eigenvalue weighted by atomic mass is 19.3. The molecule has 0 fully saturated rings. The predicted molar refractivity (Wildman–Crippen MR) is 64.8 cm³/mol. The van der Waals surface area contributed by atoms with E-state index in [1.807, 2.05) is 0 Å². The van der Waals surface area contributed by atoms with Gasteiger partial charge in [0.15, 0.2) is 0 Å². The quantitative estimate of drug-likeness (QED) is 0.844. The lowest BCUT2D eigenvalue weighted by atomic mass is 10.1. The van der Waals surface area contributed by atoms with Crippen LogP contribution in [0.2, 0.25) is 0 Å². The van der Waals surface area contributed by atoms with E-state index in [2.05, 4.69) is 0 Å². The Hall–Kier alpha value is -2.05. The Morgan fingerprint density at radius 3 is 2.30 bits per heavy atom. The monoisotopic (exact) mass is 289 g/mol. The highest BCUT2D eigenvalue weighted by molar-refractivity contribution is 5.88. The number of hydrogen-bond donors (Lipinski definition) is 2. The van der Waals surface area contributed by atoms with Crippen LogP contribution < -0.4 is 5.32 Å². The van der Waals surface area contributed by atoms with Crippen LogP contribution in [0.5, 0.6) is 0 Å². The molecule has 20 heavy (non-hydrogen) atoms. The molecule has 7 heteroatoms. The molecule has 2 N–H and O–H groups in total. The highest BCUT2D eigenvalue weighted by Crippen LogP contribution is 2.28. The molecule has 0 spiro atoms. The number of carboxylic acid groups (broad SMARTS) is 1. The minimum absolute atomic E-state index is 0.0422. The number of alkyl halides is 2. The standard InChI is InChI=1S/C13H14F3NO3/c1-2-3-10(11(18)19)17-12(20)13(15,16)8-4-6-9(14)7-5-8/h4-7,10H,2-3H2,1H3,(H,17,20)(H,18,19). The first-order valence-corrected chi connectivity index (χ1v) is 5.96. The Balaban J connectivity index is 2.88. The van der Waals surface area contributed by atoms with Crippen molar-refractivity contribution >= 4 is 11.9 Å². The van der Waals surface area contributed by atoms with E-state index in [-0.39, 0.29) is 6.42 Å². The van der Waals surface area contributed by atoms with Crippen molar-refractivity contribution < 1.29 is 27.9 Å².